The Morgan fingerprint density at radius 1 is 1.17 bits per heavy atom. The number of aliphatic imine (C=N–C) groups is 1. The molecule has 0 bridgehead atoms. The maximum atomic E-state index is 9.67. The minimum atomic E-state index is -0.862. The van der Waals surface area contributed by atoms with Crippen molar-refractivity contribution in [2.24, 2.45) is 10.9 Å². The molecule has 0 spiro atoms. The van der Waals surface area contributed by atoms with Crippen LogP contribution in [0.15, 0.2) is 47.9 Å². The number of dihydropyridines is 1. The number of phenolic OH excluding ortho intramolecular Hbond substituents is 2. The lowest BCUT2D eigenvalue weighted by molar-refractivity contribution is 0.403. The predicted molar refractivity (Wildman–Crippen MR) is 83.1 cm³/mol. The van der Waals surface area contributed by atoms with Crippen LogP contribution in [0.25, 0.3) is 5.57 Å². The zero-order valence-electron chi connectivity index (χ0n) is 11.8. The van der Waals surface area contributed by atoms with E-state index in [9.17, 15) is 15.5 Å². The van der Waals surface area contributed by atoms with Crippen LogP contribution in [-0.2, 0) is 0 Å². The van der Waals surface area contributed by atoms with Crippen molar-refractivity contribution in [3.63, 3.8) is 0 Å². The number of nitrogens with one attached hydrogen (secondary N) is 1. The Labute approximate surface area is 131 Å². The highest BCUT2D eigenvalue weighted by atomic mass is 16.3. The lowest BCUT2D eigenvalue weighted by Gasteiger charge is -2.19. The zero-order chi connectivity index (χ0) is 16.4. The summed E-state index contributed by atoms with van der Waals surface area (Å²) in [4.78, 5) is 12.2. The number of rotatable bonds is 2. The molecule has 1 atom stereocenters. The van der Waals surface area contributed by atoms with Crippen LogP contribution in [0.3, 0.4) is 0 Å². The standard InChI is InChI=1S/C16H11N5O2/c17-7-11-10(9-1-2-14(22)15(23)5-9)6-12(21-16(11)18)13-8-19-3-4-20-13/h1-6,8,11,18,22-23H. The molecule has 0 fully saturated rings. The van der Waals surface area contributed by atoms with Gasteiger partial charge >= 0.3 is 0 Å². The van der Waals surface area contributed by atoms with E-state index in [1.807, 2.05) is 6.07 Å². The van der Waals surface area contributed by atoms with E-state index < -0.39 is 5.92 Å². The first-order valence-corrected chi connectivity index (χ1v) is 6.67. The van der Waals surface area contributed by atoms with Crippen molar-refractivity contribution in [2.75, 3.05) is 0 Å². The summed E-state index contributed by atoms with van der Waals surface area (Å²) in [5.74, 6) is -1.52. The van der Waals surface area contributed by atoms with Gasteiger partial charge in [0.2, 0.25) is 0 Å². The highest BCUT2D eigenvalue weighted by Gasteiger charge is 2.26. The van der Waals surface area contributed by atoms with E-state index in [-0.39, 0.29) is 17.3 Å². The summed E-state index contributed by atoms with van der Waals surface area (Å²) >= 11 is 0. The highest BCUT2D eigenvalue weighted by molar-refractivity contribution is 6.21. The number of hydrogen-bond donors (Lipinski definition) is 3. The molecule has 2 heterocycles. The zero-order valence-corrected chi connectivity index (χ0v) is 11.8. The van der Waals surface area contributed by atoms with Gasteiger partial charge in [-0.2, -0.15) is 5.26 Å². The van der Waals surface area contributed by atoms with Gasteiger partial charge in [0.05, 0.1) is 18.0 Å². The molecular formula is C16H11N5O2. The lowest BCUT2D eigenvalue weighted by Crippen LogP contribution is -2.20. The Morgan fingerprint density at radius 2 is 2.00 bits per heavy atom. The molecular weight excluding hydrogens is 294 g/mol. The van der Waals surface area contributed by atoms with Crippen LogP contribution in [0.4, 0.5) is 0 Å². The predicted octanol–water partition coefficient (Wildman–Crippen LogP) is 1.89. The Balaban J connectivity index is 2.13. The number of phenols is 2. The molecule has 2 aromatic rings. The maximum Gasteiger partial charge on any atom is 0.158 e. The smallest absolute Gasteiger partial charge is 0.158 e. The molecule has 0 saturated heterocycles. The second-order valence-corrected chi connectivity index (χ2v) is 4.84. The Bertz CT molecular complexity index is 881. The highest BCUT2D eigenvalue weighted by Crippen LogP contribution is 2.33. The molecule has 7 heteroatoms. The monoisotopic (exact) mass is 305 g/mol. The van der Waals surface area contributed by atoms with Gasteiger partial charge in [0.25, 0.3) is 0 Å². The Kier molecular flexibility index (Phi) is 3.57. The first-order valence-electron chi connectivity index (χ1n) is 6.67. The van der Waals surface area contributed by atoms with Gasteiger partial charge in [-0.05, 0) is 29.3 Å². The molecule has 0 radical (unpaired) electrons. The van der Waals surface area contributed by atoms with Gasteiger partial charge in [0.15, 0.2) is 11.5 Å². The van der Waals surface area contributed by atoms with Crippen molar-refractivity contribution >= 4 is 17.1 Å². The minimum absolute atomic E-state index is 0.113. The number of aromatic hydroxyl groups is 2. The molecule has 0 aliphatic carbocycles. The number of aromatic nitrogens is 2. The van der Waals surface area contributed by atoms with E-state index in [0.717, 1.165) is 0 Å². The van der Waals surface area contributed by atoms with Crippen molar-refractivity contribution in [2.45, 2.75) is 0 Å². The summed E-state index contributed by atoms with van der Waals surface area (Å²) in [6.45, 7) is 0. The Hall–Kier alpha value is -3.53. The van der Waals surface area contributed by atoms with Crippen LogP contribution in [-0.4, -0.2) is 31.7 Å². The fourth-order valence-corrected chi connectivity index (χ4v) is 2.25. The van der Waals surface area contributed by atoms with Crippen LogP contribution in [0.5, 0.6) is 11.5 Å². The molecule has 3 rings (SSSR count). The molecule has 1 unspecified atom stereocenters. The molecule has 0 amide bonds. The van der Waals surface area contributed by atoms with Crippen molar-refractivity contribution < 1.29 is 10.2 Å². The van der Waals surface area contributed by atoms with Crippen LogP contribution < -0.4 is 0 Å². The number of amidine groups is 1. The average molecular weight is 305 g/mol. The number of nitriles is 1. The summed E-state index contributed by atoms with van der Waals surface area (Å²) in [5.41, 5.74) is 1.92. The van der Waals surface area contributed by atoms with E-state index >= 15 is 0 Å². The third-order valence-corrected chi connectivity index (χ3v) is 3.38. The molecule has 23 heavy (non-hydrogen) atoms. The molecule has 112 valence electrons. The maximum absolute atomic E-state index is 9.67. The minimum Gasteiger partial charge on any atom is -0.504 e. The summed E-state index contributed by atoms with van der Waals surface area (Å²) in [7, 11) is 0. The first-order chi connectivity index (χ1) is 11.1. The summed E-state index contributed by atoms with van der Waals surface area (Å²) in [6, 6.07) is 6.27. The molecule has 1 aromatic heterocycles. The average Bonchev–Trinajstić information content (AvgIpc) is 2.57. The van der Waals surface area contributed by atoms with E-state index in [4.69, 9.17) is 5.41 Å². The number of nitrogens with zero attached hydrogens (tertiary/aromatic N) is 4. The van der Waals surface area contributed by atoms with Gasteiger partial charge in [-0.25, -0.2) is 4.99 Å². The summed E-state index contributed by atoms with van der Waals surface area (Å²) in [6.07, 6.45) is 6.19. The third kappa shape index (κ3) is 2.65. The second-order valence-electron chi connectivity index (χ2n) is 4.84. The number of hydrogen-bond acceptors (Lipinski definition) is 6. The first kappa shape index (κ1) is 14.4. The van der Waals surface area contributed by atoms with Crippen LogP contribution in [0.1, 0.15) is 11.3 Å². The fraction of sp³-hybridized carbons (Fsp3) is 0.0625. The number of benzene rings is 1. The lowest BCUT2D eigenvalue weighted by atomic mass is 9.88. The van der Waals surface area contributed by atoms with E-state index in [1.165, 1.54) is 30.7 Å². The van der Waals surface area contributed by atoms with E-state index in [0.29, 0.717) is 22.5 Å². The Morgan fingerprint density at radius 3 is 2.65 bits per heavy atom. The van der Waals surface area contributed by atoms with Crippen molar-refractivity contribution in [1.82, 2.24) is 9.97 Å². The molecule has 1 aromatic carbocycles. The van der Waals surface area contributed by atoms with Gasteiger partial charge in [-0.3, -0.25) is 15.4 Å². The van der Waals surface area contributed by atoms with Gasteiger partial charge in [0, 0.05) is 12.4 Å². The van der Waals surface area contributed by atoms with E-state index in [2.05, 4.69) is 15.0 Å². The van der Waals surface area contributed by atoms with Gasteiger partial charge in [-0.1, -0.05) is 6.07 Å². The second kappa shape index (κ2) is 5.69. The fourth-order valence-electron chi connectivity index (χ4n) is 2.25. The van der Waals surface area contributed by atoms with Crippen LogP contribution >= 0.6 is 0 Å². The third-order valence-electron chi connectivity index (χ3n) is 3.38. The number of allylic oxidation sites excluding steroid dienone is 1. The quantitative estimate of drug-likeness (QED) is 0.730. The van der Waals surface area contributed by atoms with Crippen molar-refractivity contribution in [3.8, 4) is 17.6 Å². The van der Waals surface area contributed by atoms with Gasteiger partial charge in [-0.15, -0.1) is 0 Å². The molecule has 0 saturated carbocycles. The van der Waals surface area contributed by atoms with Gasteiger partial charge < -0.3 is 10.2 Å². The summed E-state index contributed by atoms with van der Waals surface area (Å²) < 4.78 is 0. The molecule has 3 N–H and O–H groups in total. The topological polar surface area (TPSA) is 126 Å². The molecule has 7 nitrogen and oxygen atoms in total. The van der Waals surface area contributed by atoms with Crippen molar-refractivity contribution in [3.05, 3.63) is 54.1 Å². The summed E-state index contributed by atoms with van der Waals surface area (Å²) in [5, 5.41) is 36.4. The van der Waals surface area contributed by atoms with Crippen molar-refractivity contribution in [1.29, 1.82) is 10.7 Å². The SMILES string of the molecule is N#CC1C(=N)N=C(c2cnccn2)C=C1c1ccc(O)c(O)c1. The molecule has 1 aliphatic rings. The normalized spacial score (nSPS) is 17.2. The van der Waals surface area contributed by atoms with Crippen LogP contribution in [0, 0.1) is 22.7 Å². The molecule has 1 aliphatic heterocycles. The largest absolute Gasteiger partial charge is 0.504 e. The van der Waals surface area contributed by atoms with E-state index in [1.54, 1.807) is 12.1 Å². The van der Waals surface area contributed by atoms with Gasteiger partial charge in [0.1, 0.15) is 17.4 Å². The van der Waals surface area contributed by atoms with Crippen LogP contribution in [0.2, 0.25) is 0 Å².